The van der Waals surface area contributed by atoms with Crippen molar-refractivity contribution in [2.75, 3.05) is 6.61 Å². The number of hydrogen-bond donors (Lipinski definition) is 2. The summed E-state index contributed by atoms with van der Waals surface area (Å²) >= 11 is 3.30. The molecule has 5 heteroatoms. The van der Waals surface area contributed by atoms with Crippen molar-refractivity contribution in [3.63, 3.8) is 0 Å². The molecule has 0 atom stereocenters. The van der Waals surface area contributed by atoms with Gasteiger partial charge in [-0.3, -0.25) is 0 Å². The number of nitrogens with one attached hydrogen (secondary N) is 1. The number of halogens is 2. The molecular weight excluding hydrogens is 275 g/mol. The number of aliphatic hydroxyl groups excluding tert-OH is 1. The molecule has 2 N–H and O–H groups in total. The Kier molecular flexibility index (Phi) is 3.36. The lowest BCUT2D eigenvalue weighted by molar-refractivity contribution is 0.298. The van der Waals surface area contributed by atoms with Crippen molar-refractivity contribution in [1.82, 2.24) is 9.97 Å². The van der Waals surface area contributed by atoms with E-state index in [0.717, 1.165) is 11.3 Å². The first kappa shape index (κ1) is 11.3. The van der Waals surface area contributed by atoms with Crippen LogP contribution in [0.25, 0.3) is 11.4 Å². The highest BCUT2D eigenvalue weighted by atomic mass is 79.9. The second kappa shape index (κ2) is 4.76. The Morgan fingerprint density at radius 3 is 2.62 bits per heavy atom. The smallest absolute Gasteiger partial charge is 0.138 e. The van der Waals surface area contributed by atoms with Crippen molar-refractivity contribution in [3.8, 4) is 11.4 Å². The first-order chi connectivity index (χ1) is 7.70. The van der Waals surface area contributed by atoms with Gasteiger partial charge in [-0.05, 0) is 40.2 Å². The van der Waals surface area contributed by atoms with Crippen molar-refractivity contribution < 1.29 is 9.50 Å². The SMILES string of the molecule is OCCc1[nH]c(-c2ccc(F)cc2)nc1Br. The summed E-state index contributed by atoms with van der Waals surface area (Å²) in [5.74, 6) is 0.389. The van der Waals surface area contributed by atoms with Crippen molar-refractivity contribution >= 4 is 15.9 Å². The highest BCUT2D eigenvalue weighted by molar-refractivity contribution is 9.10. The molecule has 1 heterocycles. The number of aromatic nitrogens is 2. The minimum Gasteiger partial charge on any atom is -0.396 e. The Morgan fingerprint density at radius 2 is 2.00 bits per heavy atom. The van der Waals surface area contributed by atoms with Crippen LogP contribution in [0.4, 0.5) is 4.39 Å². The van der Waals surface area contributed by atoms with Gasteiger partial charge in [0.05, 0.1) is 5.69 Å². The van der Waals surface area contributed by atoms with E-state index in [9.17, 15) is 4.39 Å². The van der Waals surface area contributed by atoms with E-state index < -0.39 is 0 Å². The van der Waals surface area contributed by atoms with Crippen LogP contribution >= 0.6 is 15.9 Å². The Morgan fingerprint density at radius 1 is 1.31 bits per heavy atom. The third-order valence-electron chi connectivity index (χ3n) is 2.21. The maximum Gasteiger partial charge on any atom is 0.138 e. The van der Waals surface area contributed by atoms with Gasteiger partial charge in [0.25, 0.3) is 0 Å². The fraction of sp³-hybridized carbons (Fsp3) is 0.182. The summed E-state index contributed by atoms with van der Waals surface area (Å²) in [5, 5.41) is 8.84. The number of imidazole rings is 1. The lowest BCUT2D eigenvalue weighted by atomic mass is 10.2. The van der Waals surface area contributed by atoms with E-state index >= 15 is 0 Å². The van der Waals surface area contributed by atoms with Gasteiger partial charge in [-0.1, -0.05) is 0 Å². The predicted octanol–water partition coefficient (Wildman–Crippen LogP) is 2.51. The van der Waals surface area contributed by atoms with E-state index in [0.29, 0.717) is 16.8 Å². The van der Waals surface area contributed by atoms with Crippen molar-refractivity contribution in [1.29, 1.82) is 0 Å². The fourth-order valence-electron chi connectivity index (χ4n) is 1.41. The number of rotatable bonds is 3. The number of aliphatic hydroxyl groups is 1. The molecule has 3 nitrogen and oxygen atoms in total. The molecule has 84 valence electrons. The van der Waals surface area contributed by atoms with Gasteiger partial charge in [-0.2, -0.15) is 0 Å². The van der Waals surface area contributed by atoms with Gasteiger partial charge in [0.15, 0.2) is 0 Å². The molecule has 0 saturated heterocycles. The third-order valence-corrected chi connectivity index (χ3v) is 2.86. The van der Waals surface area contributed by atoms with Crippen LogP contribution < -0.4 is 0 Å². The van der Waals surface area contributed by atoms with Gasteiger partial charge >= 0.3 is 0 Å². The van der Waals surface area contributed by atoms with Crippen LogP contribution in [-0.2, 0) is 6.42 Å². The standard InChI is InChI=1S/C11H10BrFN2O/c12-10-9(5-6-16)14-11(15-10)7-1-3-8(13)4-2-7/h1-4,16H,5-6H2,(H,14,15). The number of benzene rings is 1. The zero-order chi connectivity index (χ0) is 11.5. The monoisotopic (exact) mass is 284 g/mol. The van der Waals surface area contributed by atoms with Gasteiger partial charge < -0.3 is 10.1 Å². The van der Waals surface area contributed by atoms with E-state index in [4.69, 9.17) is 5.11 Å². The van der Waals surface area contributed by atoms with E-state index in [1.807, 2.05) is 0 Å². The summed E-state index contributed by atoms with van der Waals surface area (Å²) in [6, 6.07) is 6.08. The average Bonchev–Trinajstić information content (AvgIpc) is 2.62. The molecule has 2 rings (SSSR count). The van der Waals surface area contributed by atoms with Crippen LogP contribution in [0.3, 0.4) is 0 Å². The summed E-state index contributed by atoms with van der Waals surface area (Å²) in [5.41, 5.74) is 1.65. The average molecular weight is 285 g/mol. The third kappa shape index (κ3) is 2.31. The molecule has 0 bridgehead atoms. The van der Waals surface area contributed by atoms with Crippen LogP contribution in [0, 0.1) is 5.82 Å². The topological polar surface area (TPSA) is 48.9 Å². The largest absolute Gasteiger partial charge is 0.396 e. The maximum absolute atomic E-state index is 12.7. The highest BCUT2D eigenvalue weighted by Gasteiger charge is 2.08. The van der Waals surface area contributed by atoms with E-state index in [-0.39, 0.29) is 12.4 Å². The van der Waals surface area contributed by atoms with Gasteiger partial charge in [0.2, 0.25) is 0 Å². The Balaban J connectivity index is 2.33. The zero-order valence-electron chi connectivity index (χ0n) is 8.37. The zero-order valence-corrected chi connectivity index (χ0v) is 9.96. The van der Waals surface area contributed by atoms with Gasteiger partial charge in [-0.25, -0.2) is 9.37 Å². The molecule has 0 amide bonds. The molecule has 0 radical (unpaired) electrons. The molecule has 0 spiro atoms. The predicted molar refractivity (Wildman–Crippen MR) is 62.5 cm³/mol. The first-order valence-electron chi connectivity index (χ1n) is 4.82. The Bertz CT molecular complexity index is 481. The lowest BCUT2D eigenvalue weighted by Gasteiger charge is -1.96. The maximum atomic E-state index is 12.7. The van der Waals surface area contributed by atoms with Crippen molar-refractivity contribution in [2.24, 2.45) is 0 Å². The molecule has 0 fully saturated rings. The fourth-order valence-corrected chi connectivity index (χ4v) is 1.88. The Labute approximate surface area is 100 Å². The second-order valence-corrected chi connectivity index (χ2v) is 4.09. The van der Waals surface area contributed by atoms with E-state index in [1.165, 1.54) is 12.1 Å². The number of H-pyrrole nitrogens is 1. The van der Waals surface area contributed by atoms with Crippen LogP contribution in [0.15, 0.2) is 28.9 Å². The van der Waals surface area contributed by atoms with Crippen LogP contribution in [-0.4, -0.2) is 21.7 Å². The molecule has 1 aromatic heterocycles. The number of hydrogen-bond acceptors (Lipinski definition) is 2. The molecule has 0 unspecified atom stereocenters. The number of aromatic amines is 1. The summed E-state index contributed by atoms with van der Waals surface area (Å²) in [6.45, 7) is 0.0592. The summed E-state index contributed by atoms with van der Waals surface area (Å²) < 4.78 is 13.4. The van der Waals surface area contributed by atoms with Crippen molar-refractivity contribution in [3.05, 3.63) is 40.4 Å². The molecule has 16 heavy (non-hydrogen) atoms. The lowest BCUT2D eigenvalue weighted by Crippen LogP contribution is -1.91. The summed E-state index contributed by atoms with van der Waals surface area (Å²) in [7, 11) is 0. The van der Waals surface area contributed by atoms with Crippen LogP contribution in [0.5, 0.6) is 0 Å². The molecule has 1 aromatic carbocycles. The molecule has 0 aliphatic carbocycles. The highest BCUT2D eigenvalue weighted by Crippen LogP contribution is 2.22. The molecule has 0 aliphatic rings. The molecule has 0 saturated carbocycles. The van der Waals surface area contributed by atoms with Crippen molar-refractivity contribution in [2.45, 2.75) is 6.42 Å². The molecule has 2 aromatic rings. The molecule has 0 aliphatic heterocycles. The minimum atomic E-state index is -0.273. The Hall–Kier alpha value is -1.20. The first-order valence-corrected chi connectivity index (χ1v) is 5.61. The van der Waals surface area contributed by atoms with Crippen LogP contribution in [0.2, 0.25) is 0 Å². The van der Waals surface area contributed by atoms with Crippen LogP contribution in [0.1, 0.15) is 5.69 Å². The van der Waals surface area contributed by atoms with Gasteiger partial charge in [0.1, 0.15) is 16.2 Å². The number of nitrogens with zero attached hydrogens (tertiary/aromatic N) is 1. The van der Waals surface area contributed by atoms with E-state index in [1.54, 1.807) is 12.1 Å². The normalized spacial score (nSPS) is 10.7. The van der Waals surface area contributed by atoms with Gasteiger partial charge in [0, 0.05) is 18.6 Å². The van der Waals surface area contributed by atoms with E-state index in [2.05, 4.69) is 25.9 Å². The minimum absolute atomic E-state index is 0.0592. The summed E-state index contributed by atoms with van der Waals surface area (Å²) in [4.78, 5) is 7.33. The summed E-state index contributed by atoms with van der Waals surface area (Å²) in [6.07, 6.45) is 0.509. The second-order valence-electron chi connectivity index (χ2n) is 3.34. The quantitative estimate of drug-likeness (QED) is 0.910. The molecular formula is C11H10BrFN2O. The van der Waals surface area contributed by atoms with Gasteiger partial charge in [-0.15, -0.1) is 0 Å².